The maximum atomic E-state index is 10.0. The molecule has 2 heterocycles. The van der Waals surface area contributed by atoms with Crippen LogP contribution in [0.25, 0.3) is 0 Å². The maximum absolute atomic E-state index is 10.0. The van der Waals surface area contributed by atoms with Crippen LogP contribution >= 0.6 is 0 Å². The first-order valence-electron chi connectivity index (χ1n) is 8.08. The summed E-state index contributed by atoms with van der Waals surface area (Å²) in [5.74, 6) is 0.518. The molecule has 4 rings (SSSR count). The van der Waals surface area contributed by atoms with Gasteiger partial charge in [0.2, 0.25) is 0 Å². The van der Waals surface area contributed by atoms with Crippen molar-refractivity contribution in [1.82, 2.24) is 4.90 Å². The quantitative estimate of drug-likeness (QED) is 0.911. The lowest BCUT2D eigenvalue weighted by molar-refractivity contribution is 0.0913. The molecule has 2 unspecified atom stereocenters. The Bertz CT molecular complexity index is 657. The van der Waals surface area contributed by atoms with E-state index in [0.717, 1.165) is 6.42 Å². The van der Waals surface area contributed by atoms with Gasteiger partial charge in [-0.1, -0.05) is 48.5 Å². The second-order valence-electron chi connectivity index (χ2n) is 6.42. The van der Waals surface area contributed by atoms with E-state index >= 15 is 0 Å². The highest BCUT2D eigenvalue weighted by Gasteiger charge is 2.47. The topological polar surface area (TPSA) is 35.5 Å². The third kappa shape index (κ3) is 2.04. The molecule has 4 atom stereocenters. The van der Waals surface area contributed by atoms with Crippen molar-refractivity contribution in [2.45, 2.75) is 37.5 Å². The number of hydrogen-bond donors (Lipinski definition) is 2. The first-order chi connectivity index (χ1) is 10.8. The van der Waals surface area contributed by atoms with Gasteiger partial charge in [-0.05, 0) is 30.5 Å². The lowest BCUT2D eigenvalue weighted by Crippen LogP contribution is -2.43. The lowest BCUT2D eigenvalue weighted by atomic mass is 9.97. The number of rotatable bonds is 3. The average Bonchev–Trinajstić information content (AvgIpc) is 3.06. The van der Waals surface area contributed by atoms with Crippen LogP contribution in [0.1, 0.15) is 36.4 Å². The molecule has 2 aromatic carbocycles. The van der Waals surface area contributed by atoms with E-state index in [0.29, 0.717) is 12.0 Å². The fourth-order valence-corrected chi connectivity index (χ4v) is 4.23. The first kappa shape index (κ1) is 13.8. The molecule has 0 aliphatic carbocycles. The van der Waals surface area contributed by atoms with E-state index in [9.17, 15) is 5.11 Å². The minimum atomic E-state index is 0.0491. The standard InChI is InChI=1S/C19H22N2O/c1-13-11-16-15-9-5-6-10-17(15)20-19(16)21(13)18(12-22)14-7-3-2-4-8-14/h2-10,13,16,18-20,22H,11-12H2,1H3/t13-,16?,18+,19?/m1/s1. The highest BCUT2D eigenvalue weighted by Crippen LogP contribution is 2.48. The van der Waals surface area contributed by atoms with Gasteiger partial charge in [-0.3, -0.25) is 4.90 Å². The molecule has 0 bridgehead atoms. The van der Waals surface area contributed by atoms with Crippen molar-refractivity contribution < 1.29 is 5.11 Å². The van der Waals surface area contributed by atoms with E-state index in [4.69, 9.17) is 0 Å². The Morgan fingerprint density at radius 3 is 2.64 bits per heavy atom. The third-order valence-electron chi connectivity index (χ3n) is 5.19. The average molecular weight is 294 g/mol. The van der Waals surface area contributed by atoms with Gasteiger partial charge >= 0.3 is 0 Å². The van der Waals surface area contributed by atoms with E-state index in [2.05, 4.69) is 53.5 Å². The molecule has 22 heavy (non-hydrogen) atoms. The Morgan fingerprint density at radius 2 is 1.86 bits per heavy atom. The van der Waals surface area contributed by atoms with Crippen LogP contribution in [0.15, 0.2) is 54.6 Å². The van der Waals surface area contributed by atoms with Gasteiger partial charge in [0, 0.05) is 17.6 Å². The number of aliphatic hydroxyl groups excluding tert-OH is 1. The normalized spacial score (nSPS) is 28.0. The first-order valence-corrected chi connectivity index (χ1v) is 8.08. The van der Waals surface area contributed by atoms with Gasteiger partial charge in [0.1, 0.15) is 0 Å². The summed E-state index contributed by atoms with van der Waals surface area (Å²) >= 11 is 0. The SMILES string of the molecule is C[C@@H]1CC2c3ccccc3NC2N1[C@@H](CO)c1ccccc1. The monoisotopic (exact) mass is 294 g/mol. The van der Waals surface area contributed by atoms with Crippen LogP contribution in [0, 0.1) is 0 Å². The van der Waals surface area contributed by atoms with Gasteiger partial charge < -0.3 is 10.4 Å². The Hall–Kier alpha value is -1.84. The Morgan fingerprint density at radius 1 is 1.14 bits per heavy atom. The van der Waals surface area contributed by atoms with Crippen LogP contribution in [0.2, 0.25) is 0 Å². The number of benzene rings is 2. The summed E-state index contributed by atoms with van der Waals surface area (Å²) in [4.78, 5) is 2.46. The zero-order valence-electron chi connectivity index (χ0n) is 12.8. The van der Waals surface area contributed by atoms with E-state index < -0.39 is 0 Å². The predicted octanol–water partition coefficient (Wildman–Crippen LogP) is 3.35. The van der Waals surface area contributed by atoms with Crippen LogP contribution < -0.4 is 5.32 Å². The van der Waals surface area contributed by atoms with Crippen molar-refractivity contribution in [2.24, 2.45) is 0 Å². The zero-order chi connectivity index (χ0) is 15.1. The molecule has 0 aromatic heterocycles. The fourth-order valence-electron chi connectivity index (χ4n) is 4.23. The van der Waals surface area contributed by atoms with E-state index in [-0.39, 0.29) is 18.8 Å². The van der Waals surface area contributed by atoms with Crippen molar-refractivity contribution >= 4 is 5.69 Å². The van der Waals surface area contributed by atoms with Crippen LogP contribution in [0.5, 0.6) is 0 Å². The summed E-state index contributed by atoms with van der Waals surface area (Å²) in [5, 5.41) is 13.7. The molecule has 2 aromatic rings. The molecule has 0 radical (unpaired) electrons. The van der Waals surface area contributed by atoms with Crippen molar-refractivity contribution in [1.29, 1.82) is 0 Å². The number of anilines is 1. The van der Waals surface area contributed by atoms with Crippen molar-refractivity contribution in [3.05, 3.63) is 65.7 Å². The molecule has 2 aliphatic heterocycles. The largest absolute Gasteiger partial charge is 0.394 e. The van der Waals surface area contributed by atoms with Gasteiger partial charge in [-0.2, -0.15) is 0 Å². The molecule has 0 amide bonds. The van der Waals surface area contributed by atoms with Crippen molar-refractivity contribution in [2.75, 3.05) is 11.9 Å². The van der Waals surface area contributed by atoms with Crippen LogP contribution in [0.4, 0.5) is 5.69 Å². The predicted molar refractivity (Wildman–Crippen MR) is 88.8 cm³/mol. The van der Waals surface area contributed by atoms with E-state index in [1.54, 1.807) is 0 Å². The molecule has 0 spiro atoms. The summed E-state index contributed by atoms with van der Waals surface area (Å²) in [7, 11) is 0. The summed E-state index contributed by atoms with van der Waals surface area (Å²) in [5.41, 5.74) is 3.86. The molecule has 0 saturated carbocycles. The molecule has 3 nitrogen and oxygen atoms in total. The van der Waals surface area contributed by atoms with Crippen molar-refractivity contribution in [3.8, 4) is 0 Å². The van der Waals surface area contributed by atoms with E-state index in [1.165, 1.54) is 16.8 Å². The molecular formula is C19H22N2O. The van der Waals surface area contributed by atoms with Crippen molar-refractivity contribution in [3.63, 3.8) is 0 Å². The zero-order valence-corrected chi connectivity index (χ0v) is 12.8. The summed E-state index contributed by atoms with van der Waals surface area (Å²) in [6, 6.07) is 19.5. The number of hydrogen-bond acceptors (Lipinski definition) is 3. The molecule has 114 valence electrons. The number of fused-ring (bicyclic) bond motifs is 3. The lowest BCUT2D eigenvalue weighted by Gasteiger charge is -2.35. The number of nitrogens with zero attached hydrogens (tertiary/aromatic N) is 1. The van der Waals surface area contributed by atoms with Gasteiger partial charge in [0.25, 0.3) is 0 Å². The Kier molecular flexibility index (Phi) is 3.40. The second-order valence-corrected chi connectivity index (χ2v) is 6.42. The molecule has 1 saturated heterocycles. The van der Waals surface area contributed by atoms with Gasteiger partial charge in [0.15, 0.2) is 0 Å². The molecule has 2 N–H and O–H groups in total. The Labute approximate surface area is 131 Å². The molecule has 3 heteroatoms. The Balaban J connectivity index is 1.68. The highest BCUT2D eigenvalue weighted by molar-refractivity contribution is 5.60. The summed E-state index contributed by atoms with van der Waals surface area (Å²) in [6.07, 6.45) is 1.42. The fraction of sp³-hybridized carbons (Fsp3) is 0.368. The summed E-state index contributed by atoms with van der Waals surface area (Å²) in [6.45, 7) is 2.42. The van der Waals surface area contributed by atoms with Crippen LogP contribution in [-0.2, 0) is 0 Å². The number of nitrogens with one attached hydrogen (secondary N) is 1. The number of aliphatic hydroxyl groups is 1. The molecule has 1 fully saturated rings. The third-order valence-corrected chi connectivity index (χ3v) is 5.19. The van der Waals surface area contributed by atoms with Crippen LogP contribution in [0.3, 0.4) is 0 Å². The minimum absolute atomic E-state index is 0.0491. The minimum Gasteiger partial charge on any atom is -0.394 e. The highest BCUT2D eigenvalue weighted by atomic mass is 16.3. The van der Waals surface area contributed by atoms with Gasteiger partial charge in [-0.25, -0.2) is 0 Å². The van der Waals surface area contributed by atoms with Crippen LogP contribution in [-0.4, -0.2) is 28.8 Å². The number of para-hydroxylation sites is 1. The van der Waals surface area contributed by atoms with Gasteiger partial charge in [-0.15, -0.1) is 0 Å². The van der Waals surface area contributed by atoms with Gasteiger partial charge in [0.05, 0.1) is 18.8 Å². The second kappa shape index (κ2) is 5.41. The smallest absolute Gasteiger partial charge is 0.0872 e. The maximum Gasteiger partial charge on any atom is 0.0872 e. The number of likely N-dealkylation sites (tertiary alicyclic amines) is 1. The molecule has 2 aliphatic rings. The molecular weight excluding hydrogens is 272 g/mol. The van der Waals surface area contributed by atoms with E-state index in [1.807, 2.05) is 18.2 Å². The summed E-state index contributed by atoms with van der Waals surface area (Å²) < 4.78 is 0.